The summed E-state index contributed by atoms with van der Waals surface area (Å²) in [6, 6.07) is 3.71. The minimum atomic E-state index is -0.875. The first-order chi connectivity index (χ1) is 10.0. The van der Waals surface area contributed by atoms with E-state index in [1.54, 1.807) is 6.20 Å². The third-order valence-corrected chi connectivity index (χ3v) is 4.37. The highest BCUT2D eigenvalue weighted by Crippen LogP contribution is 2.44. The summed E-state index contributed by atoms with van der Waals surface area (Å²) in [4.78, 5) is 23.5. The van der Waals surface area contributed by atoms with Gasteiger partial charge in [0, 0.05) is 11.8 Å². The van der Waals surface area contributed by atoms with E-state index in [2.05, 4.69) is 15.5 Å². The van der Waals surface area contributed by atoms with Gasteiger partial charge < -0.3 is 10.4 Å². The molecule has 1 aliphatic carbocycles. The van der Waals surface area contributed by atoms with Crippen LogP contribution in [0.1, 0.15) is 31.2 Å². The zero-order chi connectivity index (χ0) is 15.0. The number of nitrogens with one attached hydrogen (secondary N) is 2. The summed E-state index contributed by atoms with van der Waals surface area (Å²) in [6.07, 6.45) is 3.75. The van der Waals surface area contributed by atoms with Crippen LogP contribution < -0.4 is 5.32 Å². The molecule has 0 atom stereocenters. The number of carboxylic acid groups (broad SMARTS) is 1. The maximum Gasteiger partial charge on any atom is 0.310 e. The zero-order valence-corrected chi connectivity index (χ0v) is 11.8. The monoisotopic (exact) mass is 287 g/mol. The molecule has 1 fully saturated rings. The number of anilines is 1. The standard InChI is InChI=1S/C15H17N3O3/c1-9-3-4-11(13-10(9)8-16-18-13)17-12(19)7-15(14(20)21)5-2-6-15/h3-4,8H,2,5-7H2,1H3,(H,16,18)(H,17,19)(H,20,21). The van der Waals surface area contributed by atoms with E-state index in [9.17, 15) is 14.7 Å². The maximum absolute atomic E-state index is 12.2. The second-order valence-corrected chi connectivity index (χ2v) is 5.75. The minimum absolute atomic E-state index is 0.0197. The number of H-pyrrole nitrogens is 1. The summed E-state index contributed by atoms with van der Waals surface area (Å²) in [5.74, 6) is -1.14. The molecule has 1 heterocycles. The van der Waals surface area contributed by atoms with Crippen molar-refractivity contribution in [1.82, 2.24) is 10.2 Å². The number of amides is 1. The van der Waals surface area contributed by atoms with E-state index in [-0.39, 0.29) is 12.3 Å². The normalized spacial score (nSPS) is 16.4. The number of nitrogens with zero attached hydrogens (tertiary/aromatic N) is 1. The average Bonchev–Trinajstić information content (AvgIpc) is 2.87. The van der Waals surface area contributed by atoms with Crippen molar-refractivity contribution in [2.45, 2.75) is 32.6 Å². The van der Waals surface area contributed by atoms with Gasteiger partial charge in [-0.1, -0.05) is 12.5 Å². The molecule has 6 heteroatoms. The Balaban J connectivity index is 1.79. The van der Waals surface area contributed by atoms with Gasteiger partial charge in [0.25, 0.3) is 0 Å². The van der Waals surface area contributed by atoms with Crippen molar-refractivity contribution in [2.75, 3.05) is 5.32 Å². The van der Waals surface area contributed by atoms with Gasteiger partial charge in [0.1, 0.15) is 0 Å². The molecule has 2 aromatic rings. The van der Waals surface area contributed by atoms with Crippen molar-refractivity contribution < 1.29 is 14.7 Å². The lowest BCUT2D eigenvalue weighted by atomic mass is 9.66. The number of carbonyl (C=O) groups is 2. The fourth-order valence-electron chi connectivity index (χ4n) is 2.85. The van der Waals surface area contributed by atoms with Gasteiger partial charge in [-0.05, 0) is 31.4 Å². The van der Waals surface area contributed by atoms with Crippen molar-refractivity contribution in [3.63, 3.8) is 0 Å². The average molecular weight is 287 g/mol. The highest BCUT2D eigenvalue weighted by atomic mass is 16.4. The molecular formula is C15H17N3O3. The zero-order valence-electron chi connectivity index (χ0n) is 11.8. The van der Waals surface area contributed by atoms with Crippen LogP contribution in [0.4, 0.5) is 5.69 Å². The van der Waals surface area contributed by atoms with E-state index in [4.69, 9.17) is 0 Å². The lowest BCUT2D eigenvalue weighted by molar-refractivity contribution is -0.157. The number of rotatable bonds is 4. The maximum atomic E-state index is 12.2. The number of hydrogen-bond acceptors (Lipinski definition) is 3. The van der Waals surface area contributed by atoms with Gasteiger partial charge >= 0.3 is 5.97 Å². The molecule has 0 spiro atoms. The quantitative estimate of drug-likeness (QED) is 0.805. The molecule has 0 radical (unpaired) electrons. The molecule has 1 amide bonds. The van der Waals surface area contributed by atoms with E-state index in [1.165, 1.54) is 0 Å². The molecule has 1 saturated carbocycles. The van der Waals surface area contributed by atoms with Crippen LogP contribution in [0.25, 0.3) is 10.9 Å². The van der Waals surface area contributed by atoms with Gasteiger partial charge in [-0.2, -0.15) is 5.10 Å². The van der Waals surface area contributed by atoms with Crippen LogP contribution >= 0.6 is 0 Å². The molecule has 0 aliphatic heterocycles. The fourth-order valence-corrected chi connectivity index (χ4v) is 2.85. The molecule has 6 nitrogen and oxygen atoms in total. The van der Waals surface area contributed by atoms with Crippen LogP contribution in [-0.2, 0) is 9.59 Å². The molecule has 21 heavy (non-hydrogen) atoms. The Labute approximate surface area is 121 Å². The Hall–Kier alpha value is -2.37. The summed E-state index contributed by atoms with van der Waals surface area (Å²) < 4.78 is 0. The predicted molar refractivity (Wildman–Crippen MR) is 78.0 cm³/mol. The number of carboxylic acids is 1. The number of aromatic amines is 1. The van der Waals surface area contributed by atoms with Crippen LogP contribution in [0.15, 0.2) is 18.3 Å². The number of aromatic nitrogens is 2. The van der Waals surface area contributed by atoms with E-state index in [1.807, 2.05) is 19.1 Å². The van der Waals surface area contributed by atoms with Crippen LogP contribution in [0, 0.1) is 12.3 Å². The van der Waals surface area contributed by atoms with Crippen molar-refractivity contribution in [2.24, 2.45) is 5.41 Å². The van der Waals surface area contributed by atoms with Gasteiger partial charge in [-0.15, -0.1) is 0 Å². The van der Waals surface area contributed by atoms with Crippen LogP contribution in [0.3, 0.4) is 0 Å². The van der Waals surface area contributed by atoms with Crippen LogP contribution in [-0.4, -0.2) is 27.2 Å². The van der Waals surface area contributed by atoms with E-state index < -0.39 is 11.4 Å². The second-order valence-electron chi connectivity index (χ2n) is 5.75. The summed E-state index contributed by atoms with van der Waals surface area (Å²) in [7, 11) is 0. The molecule has 0 unspecified atom stereocenters. The van der Waals surface area contributed by atoms with Gasteiger partial charge in [0.15, 0.2) is 0 Å². The SMILES string of the molecule is Cc1ccc(NC(=O)CC2(C(=O)O)CCC2)c2[nH]ncc12. The van der Waals surface area contributed by atoms with Gasteiger partial charge in [-0.25, -0.2) is 0 Å². The van der Waals surface area contributed by atoms with E-state index >= 15 is 0 Å². The minimum Gasteiger partial charge on any atom is -0.481 e. The fraction of sp³-hybridized carbons (Fsp3) is 0.400. The lowest BCUT2D eigenvalue weighted by Gasteiger charge is -2.36. The Morgan fingerprint density at radius 2 is 2.19 bits per heavy atom. The molecule has 0 bridgehead atoms. The number of fused-ring (bicyclic) bond motifs is 1. The van der Waals surface area contributed by atoms with Crippen LogP contribution in [0.2, 0.25) is 0 Å². The molecule has 3 N–H and O–H groups in total. The van der Waals surface area contributed by atoms with Gasteiger partial charge in [-0.3, -0.25) is 14.7 Å². The van der Waals surface area contributed by atoms with Crippen molar-refractivity contribution in [3.8, 4) is 0 Å². The highest BCUT2D eigenvalue weighted by Gasteiger charge is 2.45. The van der Waals surface area contributed by atoms with Crippen molar-refractivity contribution >= 4 is 28.5 Å². The van der Waals surface area contributed by atoms with E-state index in [0.29, 0.717) is 18.5 Å². The highest BCUT2D eigenvalue weighted by molar-refractivity contribution is 6.02. The number of carbonyl (C=O) groups excluding carboxylic acids is 1. The predicted octanol–water partition coefficient (Wildman–Crippen LogP) is 2.45. The molecule has 1 aromatic carbocycles. The number of aliphatic carboxylic acids is 1. The Morgan fingerprint density at radius 1 is 1.43 bits per heavy atom. The smallest absolute Gasteiger partial charge is 0.310 e. The molecular weight excluding hydrogens is 270 g/mol. The largest absolute Gasteiger partial charge is 0.481 e. The third-order valence-electron chi connectivity index (χ3n) is 4.37. The van der Waals surface area contributed by atoms with Crippen LogP contribution in [0.5, 0.6) is 0 Å². The third kappa shape index (κ3) is 2.26. The lowest BCUT2D eigenvalue weighted by Crippen LogP contribution is -2.41. The molecule has 1 aliphatic rings. The summed E-state index contributed by atoms with van der Waals surface area (Å²) >= 11 is 0. The second kappa shape index (κ2) is 4.87. The molecule has 110 valence electrons. The topological polar surface area (TPSA) is 95.1 Å². The summed E-state index contributed by atoms with van der Waals surface area (Å²) in [5.41, 5.74) is 1.60. The Bertz CT molecular complexity index is 716. The first-order valence-electron chi connectivity index (χ1n) is 6.98. The number of hydrogen-bond donors (Lipinski definition) is 3. The molecule has 3 rings (SSSR count). The molecule has 0 saturated heterocycles. The Morgan fingerprint density at radius 3 is 2.81 bits per heavy atom. The number of aryl methyl sites for hydroxylation is 1. The van der Waals surface area contributed by atoms with E-state index in [0.717, 1.165) is 22.9 Å². The number of benzene rings is 1. The summed E-state index contributed by atoms with van der Waals surface area (Å²) in [6.45, 7) is 1.97. The van der Waals surface area contributed by atoms with Crippen molar-refractivity contribution in [3.05, 3.63) is 23.9 Å². The molecule has 1 aromatic heterocycles. The first-order valence-corrected chi connectivity index (χ1v) is 6.98. The van der Waals surface area contributed by atoms with Gasteiger partial charge in [0.2, 0.25) is 5.91 Å². The van der Waals surface area contributed by atoms with Gasteiger partial charge in [0.05, 0.1) is 22.8 Å². The first kappa shape index (κ1) is 13.6. The summed E-state index contributed by atoms with van der Waals surface area (Å²) in [5, 5.41) is 19.9. The Kier molecular flexibility index (Phi) is 3.16. The van der Waals surface area contributed by atoms with Crippen molar-refractivity contribution in [1.29, 1.82) is 0 Å².